The Morgan fingerprint density at radius 3 is 2.58 bits per heavy atom. The number of amides is 1. The highest BCUT2D eigenvalue weighted by Crippen LogP contribution is 2.31. The molecule has 0 saturated heterocycles. The number of fused-ring (bicyclic) bond motifs is 1. The number of aliphatic hydroxyl groups excluding tert-OH is 1. The van der Waals surface area contributed by atoms with E-state index in [1.807, 2.05) is 0 Å². The first-order valence-electron chi connectivity index (χ1n) is 7.68. The van der Waals surface area contributed by atoms with Crippen molar-refractivity contribution in [3.63, 3.8) is 0 Å². The van der Waals surface area contributed by atoms with Crippen molar-refractivity contribution in [2.45, 2.75) is 13.0 Å². The molecule has 2 aromatic heterocycles. The van der Waals surface area contributed by atoms with Crippen molar-refractivity contribution in [1.82, 2.24) is 9.97 Å². The van der Waals surface area contributed by atoms with Crippen molar-refractivity contribution in [2.24, 2.45) is 0 Å². The molecule has 0 fully saturated rings. The molecule has 0 spiro atoms. The van der Waals surface area contributed by atoms with E-state index in [9.17, 15) is 9.90 Å². The van der Waals surface area contributed by atoms with E-state index in [2.05, 4.69) is 15.3 Å². The minimum atomic E-state index is -0.964. The van der Waals surface area contributed by atoms with E-state index in [0.29, 0.717) is 16.7 Å². The Balaban J connectivity index is 2.11. The fourth-order valence-corrected chi connectivity index (χ4v) is 3.02. The average molecular weight is 392 g/mol. The van der Waals surface area contributed by atoms with E-state index in [0.717, 1.165) is 0 Å². The van der Waals surface area contributed by atoms with Crippen molar-refractivity contribution >= 4 is 45.7 Å². The molecule has 0 aliphatic carbocycles. The smallest absolute Gasteiger partial charge is 0.257 e. The second-order valence-corrected chi connectivity index (χ2v) is 6.38. The van der Waals surface area contributed by atoms with E-state index >= 15 is 0 Å². The van der Waals surface area contributed by atoms with Crippen LogP contribution in [0.4, 0.5) is 5.69 Å². The normalized spacial score (nSPS) is 12.0. The molecule has 0 saturated carbocycles. The van der Waals surface area contributed by atoms with Crippen LogP contribution in [0.15, 0.2) is 36.7 Å². The maximum Gasteiger partial charge on any atom is 0.257 e. The second-order valence-electron chi connectivity index (χ2n) is 5.56. The zero-order valence-electron chi connectivity index (χ0n) is 14.0. The monoisotopic (exact) mass is 391 g/mol. The predicted molar refractivity (Wildman–Crippen MR) is 101 cm³/mol. The number of carbonyl (C=O) groups excluding carboxylic acids is 1. The average Bonchev–Trinajstić information content (AvgIpc) is 2.62. The predicted octanol–water partition coefficient (Wildman–Crippen LogP) is 4.25. The van der Waals surface area contributed by atoms with Gasteiger partial charge in [0, 0.05) is 17.8 Å². The Kier molecular flexibility index (Phi) is 5.27. The molecule has 1 unspecified atom stereocenters. The minimum Gasteiger partial charge on any atom is -0.494 e. The molecule has 0 aliphatic rings. The summed E-state index contributed by atoms with van der Waals surface area (Å²) >= 11 is 12.1. The summed E-state index contributed by atoms with van der Waals surface area (Å²) in [6.45, 7) is 1.53. The first-order chi connectivity index (χ1) is 12.4. The van der Waals surface area contributed by atoms with E-state index < -0.39 is 12.0 Å². The highest BCUT2D eigenvalue weighted by atomic mass is 35.5. The van der Waals surface area contributed by atoms with E-state index in [4.69, 9.17) is 27.9 Å². The molecule has 1 aromatic carbocycles. The van der Waals surface area contributed by atoms with Gasteiger partial charge in [-0.15, -0.1) is 0 Å². The molecule has 0 aliphatic heterocycles. The number of para-hydroxylation sites is 1. The van der Waals surface area contributed by atoms with Crippen LogP contribution in [0.5, 0.6) is 5.75 Å². The van der Waals surface area contributed by atoms with Crippen molar-refractivity contribution in [1.29, 1.82) is 0 Å². The number of halogens is 2. The largest absolute Gasteiger partial charge is 0.494 e. The van der Waals surface area contributed by atoms with Crippen molar-refractivity contribution < 1.29 is 14.6 Å². The van der Waals surface area contributed by atoms with Gasteiger partial charge in [-0.3, -0.25) is 9.78 Å². The lowest BCUT2D eigenvalue weighted by atomic mass is 10.0. The van der Waals surface area contributed by atoms with Gasteiger partial charge in [0.05, 0.1) is 40.2 Å². The van der Waals surface area contributed by atoms with E-state index in [1.165, 1.54) is 26.4 Å². The molecule has 2 heterocycles. The molecule has 8 heteroatoms. The molecule has 1 amide bonds. The zero-order valence-corrected chi connectivity index (χ0v) is 15.5. The van der Waals surface area contributed by atoms with Gasteiger partial charge in [-0.1, -0.05) is 35.3 Å². The summed E-state index contributed by atoms with van der Waals surface area (Å²) in [4.78, 5) is 21.1. The number of nitrogens with zero attached hydrogens (tertiary/aromatic N) is 2. The highest BCUT2D eigenvalue weighted by molar-refractivity contribution is 6.39. The number of nitrogens with one attached hydrogen (secondary N) is 1. The summed E-state index contributed by atoms with van der Waals surface area (Å²) in [5.74, 6) is 0.0599. The molecule has 3 aromatic rings. The molecular weight excluding hydrogens is 377 g/mol. The fraction of sp³-hybridized carbons (Fsp3) is 0.167. The fourth-order valence-electron chi connectivity index (χ4n) is 2.56. The van der Waals surface area contributed by atoms with Crippen molar-refractivity contribution in [3.8, 4) is 5.75 Å². The summed E-state index contributed by atoms with van der Waals surface area (Å²) in [6, 6.07) is 7.01. The molecular formula is C18H15Cl2N3O3. The zero-order chi connectivity index (χ0) is 18.8. The van der Waals surface area contributed by atoms with Crippen LogP contribution in [0.25, 0.3) is 10.9 Å². The van der Waals surface area contributed by atoms with Crippen LogP contribution in [0.3, 0.4) is 0 Å². The molecule has 1 atom stereocenters. The number of methoxy groups -OCH3 is 1. The SMILES string of the molecule is COc1cccc2cc(C(=O)Nc3c(Cl)cncc3Cl)c(C(C)O)nc12. The van der Waals surface area contributed by atoms with Gasteiger partial charge in [0.2, 0.25) is 0 Å². The van der Waals surface area contributed by atoms with Gasteiger partial charge in [0.25, 0.3) is 5.91 Å². The summed E-state index contributed by atoms with van der Waals surface area (Å²) in [6.07, 6.45) is 1.79. The number of benzene rings is 1. The Morgan fingerprint density at radius 1 is 1.27 bits per heavy atom. The maximum absolute atomic E-state index is 12.8. The minimum absolute atomic E-state index is 0.208. The molecule has 3 rings (SSSR count). The van der Waals surface area contributed by atoms with Crippen molar-refractivity contribution in [2.75, 3.05) is 12.4 Å². The summed E-state index contributed by atoms with van der Waals surface area (Å²) < 4.78 is 5.30. The number of rotatable bonds is 4. The summed E-state index contributed by atoms with van der Waals surface area (Å²) in [7, 11) is 1.53. The molecule has 0 radical (unpaired) electrons. The number of ether oxygens (including phenoxy) is 1. The van der Waals surface area contributed by atoms with Crippen LogP contribution in [-0.4, -0.2) is 28.1 Å². The van der Waals surface area contributed by atoms with Gasteiger partial charge in [-0.2, -0.15) is 0 Å². The lowest BCUT2D eigenvalue weighted by molar-refractivity contribution is 0.101. The third kappa shape index (κ3) is 3.44. The Bertz CT molecular complexity index is 973. The quantitative estimate of drug-likeness (QED) is 0.694. The van der Waals surface area contributed by atoms with Crippen LogP contribution in [0.2, 0.25) is 10.0 Å². The van der Waals surface area contributed by atoms with Crippen LogP contribution >= 0.6 is 23.2 Å². The standard InChI is InChI=1S/C18H15Cl2N3O3/c1-9(24)15-11(6-10-4-3-5-14(26-2)16(10)22-15)18(25)23-17-12(19)7-21-8-13(17)20/h3-9,24H,1-2H3,(H,21,23,25). The lowest BCUT2D eigenvalue weighted by Crippen LogP contribution is -2.17. The van der Waals surface area contributed by atoms with Gasteiger partial charge in [-0.05, 0) is 19.1 Å². The lowest BCUT2D eigenvalue weighted by Gasteiger charge is -2.15. The third-order valence-corrected chi connectivity index (χ3v) is 4.36. The Hall–Kier alpha value is -2.41. The maximum atomic E-state index is 12.8. The van der Waals surface area contributed by atoms with Crippen LogP contribution in [0, 0.1) is 0 Å². The first-order valence-corrected chi connectivity index (χ1v) is 8.44. The Labute approximate surface area is 159 Å². The van der Waals surface area contributed by atoms with Gasteiger partial charge in [-0.25, -0.2) is 4.98 Å². The highest BCUT2D eigenvalue weighted by Gasteiger charge is 2.21. The number of hydrogen-bond donors (Lipinski definition) is 2. The third-order valence-electron chi connectivity index (χ3n) is 3.79. The van der Waals surface area contributed by atoms with E-state index in [-0.39, 0.29) is 27.0 Å². The van der Waals surface area contributed by atoms with Gasteiger partial charge < -0.3 is 15.2 Å². The molecule has 0 bridgehead atoms. The van der Waals surface area contributed by atoms with Crippen LogP contribution < -0.4 is 10.1 Å². The number of aromatic nitrogens is 2. The summed E-state index contributed by atoms with van der Waals surface area (Å²) in [5, 5.41) is 13.9. The molecule has 6 nitrogen and oxygen atoms in total. The second kappa shape index (κ2) is 7.45. The van der Waals surface area contributed by atoms with Gasteiger partial charge in [0.15, 0.2) is 0 Å². The first kappa shape index (κ1) is 18.4. The number of hydrogen-bond acceptors (Lipinski definition) is 5. The molecule has 26 heavy (non-hydrogen) atoms. The summed E-state index contributed by atoms with van der Waals surface area (Å²) in [5.41, 5.74) is 1.24. The van der Waals surface area contributed by atoms with Gasteiger partial charge in [0.1, 0.15) is 11.3 Å². The molecule has 2 N–H and O–H groups in total. The topological polar surface area (TPSA) is 84.3 Å². The van der Waals surface area contributed by atoms with Gasteiger partial charge >= 0.3 is 0 Å². The number of aliphatic hydroxyl groups is 1. The number of anilines is 1. The number of pyridine rings is 2. The van der Waals surface area contributed by atoms with Crippen LogP contribution in [0.1, 0.15) is 29.1 Å². The van der Waals surface area contributed by atoms with Crippen LogP contribution in [-0.2, 0) is 0 Å². The van der Waals surface area contributed by atoms with E-state index in [1.54, 1.807) is 24.3 Å². The number of carbonyl (C=O) groups is 1. The molecule has 134 valence electrons. The Morgan fingerprint density at radius 2 is 1.96 bits per heavy atom. The van der Waals surface area contributed by atoms with Crippen molar-refractivity contribution in [3.05, 3.63) is 58.0 Å².